The summed E-state index contributed by atoms with van der Waals surface area (Å²) in [5.74, 6) is 0. The maximum absolute atomic E-state index is 4.93. The summed E-state index contributed by atoms with van der Waals surface area (Å²) in [6, 6.07) is 36.1. The summed E-state index contributed by atoms with van der Waals surface area (Å²) in [6.45, 7) is 0. The number of hydrogen-bond donors (Lipinski definition) is 1. The van der Waals surface area contributed by atoms with E-state index in [1.165, 1.54) is 0 Å². The van der Waals surface area contributed by atoms with Crippen LogP contribution in [0.3, 0.4) is 0 Å². The van der Waals surface area contributed by atoms with Crippen LogP contribution in [0.1, 0.15) is 0 Å². The molecule has 0 amide bonds. The summed E-state index contributed by atoms with van der Waals surface area (Å²) < 4.78 is 0. The van der Waals surface area contributed by atoms with Gasteiger partial charge in [-0.1, -0.05) is 54.6 Å². The Kier molecular flexibility index (Phi) is 5.18. The third-order valence-corrected chi connectivity index (χ3v) is 4.94. The largest absolute Gasteiger partial charge is 0.355 e. The number of nitrogens with one attached hydrogen (secondary N) is 1. The number of rotatable bonds is 5. The highest BCUT2D eigenvalue weighted by molar-refractivity contribution is 5.80. The molecular weight excluding hydrogens is 380 g/mol. The van der Waals surface area contributed by atoms with E-state index in [1.54, 1.807) is 6.20 Å². The minimum atomic E-state index is 0.818. The summed E-state index contributed by atoms with van der Waals surface area (Å²) >= 11 is 0. The van der Waals surface area contributed by atoms with Gasteiger partial charge in [0.05, 0.1) is 28.5 Å². The van der Waals surface area contributed by atoms with Gasteiger partial charge < -0.3 is 5.32 Å². The molecule has 4 nitrogen and oxygen atoms in total. The fourth-order valence-electron chi connectivity index (χ4n) is 3.45. The average molecular weight is 400 g/mol. The molecule has 5 aromatic rings. The number of pyridine rings is 3. The van der Waals surface area contributed by atoms with Crippen molar-refractivity contribution in [2.45, 2.75) is 0 Å². The van der Waals surface area contributed by atoms with Crippen molar-refractivity contribution >= 4 is 11.4 Å². The summed E-state index contributed by atoms with van der Waals surface area (Å²) in [4.78, 5) is 14.1. The van der Waals surface area contributed by atoms with Crippen LogP contribution < -0.4 is 5.32 Å². The second-order valence-electron chi connectivity index (χ2n) is 7.07. The zero-order valence-electron chi connectivity index (χ0n) is 16.8. The maximum Gasteiger partial charge on any atom is 0.0894 e. The molecule has 4 heteroatoms. The summed E-state index contributed by atoms with van der Waals surface area (Å²) in [6.07, 6.45) is 1.78. The second kappa shape index (κ2) is 8.59. The lowest BCUT2D eigenvalue weighted by Crippen LogP contribution is -1.96. The van der Waals surface area contributed by atoms with Crippen molar-refractivity contribution in [3.05, 3.63) is 115 Å². The van der Waals surface area contributed by atoms with E-state index in [0.29, 0.717) is 0 Å². The first-order chi connectivity index (χ1) is 15.4. The molecule has 0 aliphatic rings. The van der Waals surface area contributed by atoms with Crippen LogP contribution in [-0.4, -0.2) is 15.0 Å². The minimum Gasteiger partial charge on any atom is -0.355 e. The van der Waals surface area contributed by atoms with Crippen molar-refractivity contribution in [2.75, 3.05) is 5.32 Å². The Morgan fingerprint density at radius 2 is 1.03 bits per heavy atom. The van der Waals surface area contributed by atoms with Gasteiger partial charge in [0.2, 0.25) is 0 Å². The van der Waals surface area contributed by atoms with Crippen LogP contribution >= 0.6 is 0 Å². The van der Waals surface area contributed by atoms with E-state index in [9.17, 15) is 0 Å². The molecule has 0 unspecified atom stereocenters. The van der Waals surface area contributed by atoms with Crippen LogP contribution in [0, 0.1) is 0 Å². The van der Waals surface area contributed by atoms with Crippen molar-refractivity contribution in [1.82, 2.24) is 15.0 Å². The van der Waals surface area contributed by atoms with Gasteiger partial charge in [0.15, 0.2) is 0 Å². The first-order valence-electron chi connectivity index (χ1n) is 10.1. The van der Waals surface area contributed by atoms with Gasteiger partial charge in [-0.15, -0.1) is 0 Å². The lowest BCUT2D eigenvalue weighted by molar-refractivity contribution is 1.22. The highest BCUT2D eigenvalue weighted by Crippen LogP contribution is 2.30. The summed E-state index contributed by atoms with van der Waals surface area (Å²) in [7, 11) is 0. The number of hydrogen-bond acceptors (Lipinski definition) is 4. The molecule has 0 fully saturated rings. The van der Waals surface area contributed by atoms with Crippen molar-refractivity contribution < 1.29 is 0 Å². The second-order valence-corrected chi connectivity index (χ2v) is 7.07. The average Bonchev–Trinajstić information content (AvgIpc) is 2.86. The molecule has 0 saturated carbocycles. The molecule has 1 N–H and O–H groups in total. The van der Waals surface area contributed by atoms with E-state index >= 15 is 0 Å². The molecule has 0 aliphatic heterocycles. The van der Waals surface area contributed by atoms with Crippen LogP contribution in [0.5, 0.6) is 0 Å². The first-order valence-corrected chi connectivity index (χ1v) is 10.1. The van der Waals surface area contributed by atoms with Gasteiger partial charge >= 0.3 is 0 Å². The topological polar surface area (TPSA) is 50.7 Å². The van der Waals surface area contributed by atoms with Gasteiger partial charge in [-0.05, 0) is 54.6 Å². The van der Waals surface area contributed by atoms with Crippen LogP contribution in [0.4, 0.5) is 11.4 Å². The highest BCUT2D eigenvalue weighted by Gasteiger charge is 2.10. The number of aromatic nitrogens is 3. The highest BCUT2D eigenvalue weighted by atomic mass is 14.9. The molecule has 3 heterocycles. The van der Waals surface area contributed by atoms with E-state index in [-0.39, 0.29) is 0 Å². The Hall–Kier alpha value is -4.31. The Morgan fingerprint density at radius 1 is 0.452 bits per heavy atom. The Bertz CT molecular complexity index is 1300. The van der Waals surface area contributed by atoms with Crippen molar-refractivity contribution in [3.63, 3.8) is 0 Å². The third kappa shape index (κ3) is 4.19. The van der Waals surface area contributed by atoms with Crippen molar-refractivity contribution in [2.24, 2.45) is 0 Å². The van der Waals surface area contributed by atoms with E-state index < -0.39 is 0 Å². The minimum absolute atomic E-state index is 0.818. The third-order valence-electron chi connectivity index (χ3n) is 4.94. The van der Waals surface area contributed by atoms with Crippen LogP contribution in [0.15, 0.2) is 115 Å². The Morgan fingerprint density at radius 3 is 1.77 bits per heavy atom. The zero-order valence-corrected chi connectivity index (χ0v) is 16.8. The molecule has 0 aliphatic carbocycles. The van der Waals surface area contributed by atoms with Crippen LogP contribution in [-0.2, 0) is 0 Å². The van der Waals surface area contributed by atoms with Gasteiger partial charge in [0, 0.05) is 23.1 Å². The summed E-state index contributed by atoms with van der Waals surface area (Å²) in [5.41, 5.74) is 7.29. The van der Waals surface area contributed by atoms with Gasteiger partial charge in [0.25, 0.3) is 0 Å². The molecule has 0 saturated heterocycles. The normalized spacial score (nSPS) is 10.6. The van der Waals surface area contributed by atoms with E-state index in [1.807, 2.05) is 97.1 Å². The zero-order chi connectivity index (χ0) is 20.9. The molecule has 0 bridgehead atoms. The van der Waals surface area contributed by atoms with E-state index in [4.69, 9.17) is 9.97 Å². The molecule has 0 atom stereocenters. The first kappa shape index (κ1) is 18.7. The number of para-hydroxylation sites is 2. The lowest BCUT2D eigenvalue weighted by atomic mass is 10.1. The molecule has 0 spiro atoms. The maximum atomic E-state index is 4.93. The quantitative estimate of drug-likeness (QED) is 0.360. The Balaban J connectivity index is 1.51. The van der Waals surface area contributed by atoms with Gasteiger partial charge in [-0.2, -0.15) is 0 Å². The van der Waals surface area contributed by atoms with Crippen LogP contribution in [0.25, 0.3) is 34.0 Å². The molecule has 5 rings (SSSR count). The molecule has 2 aromatic carbocycles. The Labute approximate surface area is 181 Å². The van der Waals surface area contributed by atoms with Crippen molar-refractivity contribution in [3.8, 4) is 34.0 Å². The lowest BCUT2D eigenvalue weighted by Gasteiger charge is -2.12. The van der Waals surface area contributed by atoms with Crippen LogP contribution in [0.2, 0.25) is 0 Å². The fraction of sp³-hybridized carbons (Fsp3) is 0. The predicted molar refractivity (Wildman–Crippen MR) is 126 cm³/mol. The van der Waals surface area contributed by atoms with E-state index in [2.05, 4.69) is 22.4 Å². The number of benzene rings is 2. The molecular formula is C27H20N4. The van der Waals surface area contributed by atoms with Crippen molar-refractivity contribution in [1.29, 1.82) is 0 Å². The molecule has 3 aromatic heterocycles. The molecule has 0 radical (unpaired) electrons. The monoisotopic (exact) mass is 400 g/mol. The smallest absolute Gasteiger partial charge is 0.0894 e. The fourth-order valence-corrected chi connectivity index (χ4v) is 3.45. The van der Waals surface area contributed by atoms with Gasteiger partial charge in [-0.25, -0.2) is 9.97 Å². The number of nitrogens with zero attached hydrogens (tertiary/aromatic N) is 3. The molecule has 31 heavy (non-hydrogen) atoms. The standard InChI is InChI=1S/C27H20N4/c1-2-10-20(11-3-1)29-22-13-5-4-12-21(22)23-15-8-17-26(30-23)27-18-9-16-25(31-27)24-14-6-7-19-28-24/h1-19,29H. The number of anilines is 2. The SMILES string of the molecule is c1ccc(Nc2ccccc2-c2cccc(-c3cccc(-c4ccccn4)n3)n2)cc1. The van der Waals surface area contributed by atoms with Gasteiger partial charge in [0.1, 0.15) is 0 Å². The van der Waals surface area contributed by atoms with E-state index in [0.717, 1.165) is 45.4 Å². The predicted octanol–water partition coefficient (Wildman–Crippen LogP) is 6.62. The molecule has 148 valence electrons. The van der Waals surface area contributed by atoms with Gasteiger partial charge in [-0.3, -0.25) is 4.98 Å². The summed E-state index contributed by atoms with van der Waals surface area (Å²) in [5, 5.41) is 3.50.